The molecule has 134 valence electrons. The Hall–Kier alpha value is -1.16. The van der Waals surface area contributed by atoms with E-state index in [0.717, 1.165) is 31.5 Å². The van der Waals surface area contributed by atoms with E-state index in [1.807, 2.05) is 24.0 Å². The van der Waals surface area contributed by atoms with Gasteiger partial charge in [-0.3, -0.25) is 9.00 Å². The van der Waals surface area contributed by atoms with E-state index < -0.39 is 16.0 Å². The van der Waals surface area contributed by atoms with Crippen LogP contribution < -0.4 is 0 Å². The van der Waals surface area contributed by atoms with Gasteiger partial charge in [0.05, 0.1) is 0 Å². The molecule has 0 unspecified atom stereocenters. The molecule has 1 aromatic rings. The topological polar surface area (TPSA) is 37.4 Å². The van der Waals surface area contributed by atoms with Crippen molar-refractivity contribution in [1.29, 1.82) is 0 Å². The molecule has 0 aromatic heterocycles. The third kappa shape index (κ3) is 5.17. The molecular formula is C20H31NO2S. The van der Waals surface area contributed by atoms with E-state index in [0.29, 0.717) is 5.75 Å². The number of rotatable bonds is 4. The van der Waals surface area contributed by atoms with Crippen LogP contribution >= 0.6 is 0 Å². The third-order valence-corrected chi connectivity index (χ3v) is 6.40. The van der Waals surface area contributed by atoms with Gasteiger partial charge in [-0.2, -0.15) is 0 Å². The Morgan fingerprint density at radius 2 is 1.62 bits per heavy atom. The lowest BCUT2D eigenvalue weighted by Crippen LogP contribution is -2.40. The summed E-state index contributed by atoms with van der Waals surface area (Å²) in [7, 11) is -1.17. The molecule has 1 fully saturated rings. The normalized spacial score (nSPS) is 18.8. The van der Waals surface area contributed by atoms with Crippen molar-refractivity contribution in [1.82, 2.24) is 4.90 Å². The summed E-state index contributed by atoms with van der Waals surface area (Å²) in [5.41, 5.74) is 2.43. The first-order valence-corrected chi connectivity index (χ1v) is 10.4. The molecule has 2 atom stereocenters. The largest absolute Gasteiger partial charge is 0.342 e. The van der Waals surface area contributed by atoms with Gasteiger partial charge >= 0.3 is 0 Å². The highest BCUT2D eigenvalue weighted by Gasteiger charge is 2.26. The summed E-state index contributed by atoms with van der Waals surface area (Å²) < 4.78 is 12.6. The van der Waals surface area contributed by atoms with E-state index in [1.165, 1.54) is 18.4 Å². The van der Waals surface area contributed by atoms with Crippen molar-refractivity contribution < 1.29 is 9.00 Å². The summed E-state index contributed by atoms with van der Waals surface area (Å²) in [6.45, 7) is 10.0. The molecule has 2 rings (SSSR count). The number of hydrogen-bond donors (Lipinski definition) is 0. The van der Waals surface area contributed by atoms with Crippen LogP contribution in [0.5, 0.6) is 0 Å². The fourth-order valence-electron chi connectivity index (χ4n) is 3.05. The highest BCUT2D eigenvalue weighted by molar-refractivity contribution is 7.85. The maximum absolute atomic E-state index is 12.6. The zero-order valence-corrected chi connectivity index (χ0v) is 16.3. The molecule has 3 nitrogen and oxygen atoms in total. The van der Waals surface area contributed by atoms with Crippen molar-refractivity contribution in [3.8, 4) is 0 Å². The molecular weight excluding hydrogens is 318 g/mol. The molecule has 24 heavy (non-hydrogen) atoms. The first-order valence-electron chi connectivity index (χ1n) is 9.04. The van der Waals surface area contributed by atoms with Gasteiger partial charge in [-0.15, -0.1) is 0 Å². The monoisotopic (exact) mass is 349 g/mol. The van der Waals surface area contributed by atoms with E-state index in [2.05, 4.69) is 32.9 Å². The number of nitrogens with zero attached hydrogens (tertiary/aromatic N) is 1. The fourth-order valence-corrected chi connectivity index (χ4v) is 4.20. The van der Waals surface area contributed by atoms with Crippen LogP contribution in [0, 0.1) is 0 Å². The Balaban J connectivity index is 1.96. The lowest BCUT2D eigenvalue weighted by molar-refractivity contribution is -0.130. The van der Waals surface area contributed by atoms with Crippen LogP contribution in [-0.4, -0.2) is 33.4 Å². The molecule has 1 aliphatic heterocycles. The van der Waals surface area contributed by atoms with Crippen LogP contribution in [0.25, 0.3) is 0 Å². The average molecular weight is 350 g/mol. The van der Waals surface area contributed by atoms with Crippen molar-refractivity contribution in [2.24, 2.45) is 0 Å². The van der Waals surface area contributed by atoms with Crippen LogP contribution in [0.1, 0.15) is 64.5 Å². The predicted octanol–water partition coefficient (Wildman–Crippen LogP) is 4.02. The number of carbonyl (C=O) groups excluding carboxylic acids is 1. The maximum atomic E-state index is 12.6. The van der Waals surface area contributed by atoms with E-state index >= 15 is 0 Å². The van der Waals surface area contributed by atoms with Gasteiger partial charge in [-0.05, 0) is 36.3 Å². The zero-order valence-electron chi connectivity index (χ0n) is 15.5. The number of hydrogen-bond acceptors (Lipinski definition) is 2. The molecule has 0 aliphatic carbocycles. The third-order valence-electron chi connectivity index (χ3n) is 4.79. The van der Waals surface area contributed by atoms with Gasteiger partial charge in [-0.25, -0.2) is 0 Å². The van der Waals surface area contributed by atoms with Crippen molar-refractivity contribution >= 4 is 16.7 Å². The first kappa shape index (κ1) is 19.2. The quantitative estimate of drug-likeness (QED) is 0.823. The van der Waals surface area contributed by atoms with E-state index in [-0.39, 0.29) is 11.3 Å². The summed E-state index contributed by atoms with van der Waals surface area (Å²) in [4.78, 5) is 14.5. The molecule has 0 spiro atoms. The molecule has 0 radical (unpaired) electrons. The second kappa shape index (κ2) is 8.28. The van der Waals surface area contributed by atoms with Gasteiger partial charge in [-0.1, -0.05) is 57.9 Å². The summed E-state index contributed by atoms with van der Waals surface area (Å²) >= 11 is 0. The SMILES string of the molecule is C[C@@H](C(=O)N1CCCCCC1)[S@](=O)Cc1ccc(C(C)(C)C)cc1. The lowest BCUT2D eigenvalue weighted by Gasteiger charge is -2.24. The molecule has 0 N–H and O–H groups in total. The van der Waals surface area contributed by atoms with Gasteiger partial charge < -0.3 is 4.90 Å². The Morgan fingerprint density at radius 1 is 1.08 bits per heavy atom. The zero-order chi connectivity index (χ0) is 17.7. The molecule has 1 aromatic carbocycles. The van der Waals surface area contributed by atoms with Gasteiger partial charge in [0.2, 0.25) is 5.91 Å². The van der Waals surface area contributed by atoms with Crippen LogP contribution in [0.3, 0.4) is 0 Å². The molecule has 1 amide bonds. The number of amides is 1. The predicted molar refractivity (Wildman–Crippen MR) is 101 cm³/mol. The Morgan fingerprint density at radius 3 is 2.12 bits per heavy atom. The Kier molecular flexibility index (Phi) is 6.62. The Bertz CT molecular complexity index is 566. The van der Waals surface area contributed by atoms with Gasteiger partial charge in [0.15, 0.2) is 0 Å². The smallest absolute Gasteiger partial charge is 0.238 e. The van der Waals surface area contributed by atoms with E-state index in [4.69, 9.17) is 0 Å². The molecule has 4 heteroatoms. The second-order valence-corrected chi connectivity index (χ2v) is 9.61. The fraction of sp³-hybridized carbons (Fsp3) is 0.650. The summed E-state index contributed by atoms with van der Waals surface area (Å²) in [5, 5.41) is -0.426. The van der Waals surface area contributed by atoms with Crippen LogP contribution in [-0.2, 0) is 26.8 Å². The first-order chi connectivity index (χ1) is 11.3. The van der Waals surface area contributed by atoms with Crippen LogP contribution in [0.15, 0.2) is 24.3 Å². The van der Waals surface area contributed by atoms with Crippen molar-refractivity contribution in [2.75, 3.05) is 13.1 Å². The van der Waals surface area contributed by atoms with E-state index in [1.54, 1.807) is 0 Å². The van der Waals surface area contributed by atoms with Gasteiger partial charge in [0.25, 0.3) is 0 Å². The van der Waals surface area contributed by atoms with Crippen molar-refractivity contribution in [3.05, 3.63) is 35.4 Å². The van der Waals surface area contributed by atoms with E-state index in [9.17, 15) is 9.00 Å². The minimum atomic E-state index is -1.17. The minimum Gasteiger partial charge on any atom is -0.342 e. The van der Waals surface area contributed by atoms with Crippen LogP contribution in [0.4, 0.5) is 0 Å². The lowest BCUT2D eigenvalue weighted by atomic mass is 9.87. The number of carbonyl (C=O) groups is 1. The van der Waals surface area contributed by atoms with Crippen molar-refractivity contribution in [3.63, 3.8) is 0 Å². The van der Waals surface area contributed by atoms with Gasteiger partial charge in [0, 0.05) is 29.6 Å². The average Bonchev–Trinajstić information content (AvgIpc) is 2.82. The molecule has 1 heterocycles. The highest BCUT2D eigenvalue weighted by atomic mass is 32.2. The summed E-state index contributed by atoms with van der Waals surface area (Å²) in [5.74, 6) is 0.507. The van der Waals surface area contributed by atoms with Crippen molar-refractivity contribution in [2.45, 2.75) is 69.8 Å². The summed E-state index contributed by atoms with van der Waals surface area (Å²) in [6.07, 6.45) is 4.53. The molecule has 0 saturated carbocycles. The standard InChI is InChI=1S/C20H31NO2S/c1-16(19(22)21-13-7-5-6-8-14-21)24(23)15-17-9-11-18(12-10-17)20(2,3)4/h9-12,16H,5-8,13-15H2,1-4H3/t16-,24+/m0/s1. The minimum absolute atomic E-state index is 0.0570. The Labute approximate surface area is 149 Å². The molecule has 0 bridgehead atoms. The second-order valence-electron chi connectivity index (χ2n) is 7.85. The molecule has 1 saturated heterocycles. The highest BCUT2D eigenvalue weighted by Crippen LogP contribution is 2.23. The maximum Gasteiger partial charge on any atom is 0.238 e. The number of likely N-dealkylation sites (tertiary alicyclic amines) is 1. The number of benzene rings is 1. The summed E-state index contributed by atoms with van der Waals surface area (Å²) in [6, 6.07) is 8.30. The molecule has 1 aliphatic rings. The van der Waals surface area contributed by atoms with Crippen LogP contribution in [0.2, 0.25) is 0 Å². The van der Waals surface area contributed by atoms with Gasteiger partial charge in [0.1, 0.15) is 5.25 Å².